The summed E-state index contributed by atoms with van der Waals surface area (Å²) in [5.41, 5.74) is 4.48. The number of rotatable bonds is 2. The molecule has 1 aromatic heterocycles. The number of benzene rings is 6. The molecule has 4 heteroatoms. The van der Waals surface area contributed by atoms with Crippen LogP contribution in [-0.2, 0) is 9.31 Å². The van der Waals surface area contributed by atoms with Crippen LogP contribution in [0.15, 0.2) is 108 Å². The highest BCUT2D eigenvalue weighted by Gasteiger charge is 2.51. The molecule has 0 radical (unpaired) electrons. The molecule has 40 heavy (non-hydrogen) atoms. The van der Waals surface area contributed by atoms with Crippen molar-refractivity contribution in [2.75, 3.05) is 0 Å². The lowest BCUT2D eigenvalue weighted by Gasteiger charge is -2.32. The molecule has 0 saturated carbocycles. The fourth-order valence-electron chi connectivity index (χ4n) is 6.19. The van der Waals surface area contributed by atoms with E-state index in [1.165, 1.54) is 43.4 Å². The first-order chi connectivity index (χ1) is 19.3. The van der Waals surface area contributed by atoms with Crippen molar-refractivity contribution in [1.82, 2.24) is 0 Å². The molecular formula is C36H29BO3. The lowest BCUT2D eigenvalue weighted by Crippen LogP contribution is -2.41. The van der Waals surface area contributed by atoms with E-state index in [0.717, 1.165) is 27.4 Å². The molecule has 0 spiro atoms. The third-order valence-corrected chi connectivity index (χ3v) is 9.10. The Balaban J connectivity index is 1.33. The Bertz CT molecular complexity index is 2120. The lowest BCUT2D eigenvalue weighted by atomic mass is 9.77. The topological polar surface area (TPSA) is 31.6 Å². The maximum absolute atomic E-state index is 6.40. The highest BCUT2D eigenvalue weighted by atomic mass is 16.7. The average Bonchev–Trinajstić information content (AvgIpc) is 3.44. The number of hydrogen-bond donors (Lipinski definition) is 0. The van der Waals surface area contributed by atoms with Crippen molar-refractivity contribution in [3.8, 4) is 11.1 Å². The van der Waals surface area contributed by atoms with Crippen LogP contribution >= 0.6 is 0 Å². The van der Waals surface area contributed by atoms with E-state index in [2.05, 4.69) is 119 Å². The Hall–Kier alpha value is -4.12. The van der Waals surface area contributed by atoms with E-state index >= 15 is 0 Å². The van der Waals surface area contributed by atoms with Crippen molar-refractivity contribution in [2.24, 2.45) is 0 Å². The van der Waals surface area contributed by atoms with Gasteiger partial charge in [0.1, 0.15) is 11.2 Å². The average molecular weight is 520 g/mol. The molecular weight excluding hydrogens is 491 g/mol. The zero-order valence-electron chi connectivity index (χ0n) is 23.1. The van der Waals surface area contributed by atoms with Gasteiger partial charge in [-0.15, -0.1) is 0 Å². The fourth-order valence-corrected chi connectivity index (χ4v) is 6.19. The minimum absolute atomic E-state index is 0.381. The standard InChI is InChI=1S/C36H29BO3/c1-35(2)36(3,4)40-37(39-35)24-15-17-28-30-19-22(13-16-27(30)25-9-5-6-10-26(25)31(28)21-24)23-14-18-34-32(20-23)29-11-7-8-12-33(29)38-34/h5-21H,1-4H3. The monoisotopic (exact) mass is 520 g/mol. The zero-order chi connectivity index (χ0) is 27.2. The van der Waals surface area contributed by atoms with Crippen LogP contribution in [0, 0.1) is 0 Å². The molecule has 1 aliphatic rings. The molecule has 0 aliphatic carbocycles. The Morgan fingerprint density at radius 1 is 0.450 bits per heavy atom. The van der Waals surface area contributed by atoms with Gasteiger partial charge in [-0.05, 0) is 101 Å². The fraction of sp³-hybridized carbons (Fsp3) is 0.167. The number of para-hydroxylation sites is 1. The van der Waals surface area contributed by atoms with Crippen LogP contribution < -0.4 is 5.46 Å². The van der Waals surface area contributed by atoms with E-state index in [1.54, 1.807) is 0 Å². The van der Waals surface area contributed by atoms with E-state index in [4.69, 9.17) is 13.7 Å². The predicted octanol–water partition coefficient (Wildman–Crippen LogP) is 9.01. The van der Waals surface area contributed by atoms with Gasteiger partial charge in [-0.1, -0.05) is 78.9 Å². The van der Waals surface area contributed by atoms with E-state index in [0.29, 0.717) is 0 Å². The second kappa shape index (κ2) is 8.20. The highest BCUT2D eigenvalue weighted by molar-refractivity contribution is 6.62. The van der Waals surface area contributed by atoms with Gasteiger partial charge < -0.3 is 13.7 Å². The second-order valence-corrected chi connectivity index (χ2v) is 12.0. The normalized spacial score (nSPS) is 16.6. The van der Waals surface area contributed by atoms with E-state index in [1.807, 2.05) is 12.1 Å². The predicted molar refractivity (Wildman–Crippen MR) is 167 cm³/mol. The van der Waals surface area contributed by atoms with Crippen molar-refractivity contribution in [3.05, 3.63) is 103 Å². The summed E-state index contributed by atoms with van der Waals surface area (Å²) in [4.78, 5) is 0. The molecule has 7 aromatic rings. The van der Waals surface area contributed by atoms with E-state index in [-0.39, 0.29) is 11.2 Å². The van der Waals surface area contributed by atoms with Gasteiger partial charge in [0.05, 0.1) is 11.2 Å². The van der Waals surface area contributed by atoms with Gasteiger partial charge in [-0.2, -0.15) is 0 Å². The van der Waals surface area contributed by atoms with E-state index in [9.17, 15) is 0 Å². The molecule has 2 heterocycles. The third kappa shape index (κ3) is 3.40. The molecule has 0 atom stereocenters. The van der Waals surface area contributed by atoms with Crippen molar-refractivity contribution < 1.29 is 13.7 Å². The van der Waals surface area contributed by atoms with Gasteiger partial charge in [0.2, 0.25) is 0 Å². The van der Waals surface area contributed by atoms with Gasteiger partial charge in [0.15, 0.2) is 0 Å². The smallest absolute Gasteiger partial charge is 0.456 e. The molecule has 0 bridgehead atoms. The Kier molecular flexibility index (Phi) is 4.87. The van der Waals surface area contributed by atoms with Crippen molar-refractivity contribution in [3.63, 3.8) is 0 Å². The maximum atomic E-state index is 6.40. The quantitative estimate of drug-likeness (QED) is 0.168. The molecule has 6 aromatic carbocycles. The lowest BCUT2D eigenvalue weighted by molar-refractivity contribution is 0.00578. The first-order valence-corrected chi connectivity index (χ1v) is 13.9. The van der Waals surface area contributed by atoms with Crippen molar-refractivity contribution in [1.29, 1.82) is 0 Å². The van der Waals surface area contributed by atoms with E-state index < -0.39 is 7.12 Å². The number of fused-ring (bicyclic) bond motifs is 9. The summed E-state index contributed by atoms with van der Waals surface area (Å²) < 4.78 is 18.9. The van der Waals surface area contributed by atoms with Crippen LogP contribution in [0.4, 0.5) is 0 Å². The maximum Gasteiger partial charge on any atom is 0.494 e. The van der Waals surface area contributed by atoms with Gasteiger partial charge in [-0.25, -0.2) is 0 Å². The van der Waals surface area contributed by atoms with Crippen molar-refractivity contribution in [2.45, 2.75) is 38.9 Å². The Labute approximate surface area is 233 Å². The molecule has 0 unspecified atom stereocenters. The van der Waals surface area contributed by atoms with Gasteiger partial charge in [0, 0.05) is 10.8 Å². The Morgan fingerprint density at radius 2 is 0.950 bits per heavy atom. The largest absolute Gasteiger partial charge is 0.494 e. The van der Waals surface area contributed by atoms with Gasteiger partial charge in [0.25, 0.3) is 0 Å². The first-order valence-electron chi connectivity index (χ1n) is 13.9. The van der Waals surface area contributed by atoms with Crippen LogP contribution in [0.2, 0.25) is 0 Å². The Morgan fingerprint density at radius 3 is 1.70 bits per heavy atom. The van der Waals surface area contributed by atoms with Gasteiger partial charge >= 0.3 is 7.12 Å². The van der Waals surface area contributed by atoms with Gasteiger partial charge in [-0.3, -0.25) is 0 Å². The van der Waals surface area contributed by atoms with Crippen LogP contribution in [0.3, 0.4) is 0 Å². The summed E-state index contributed by atoms with van der Waals surface area (Å²) in [5, 5.41) is 9.71. The minimum atomic E-state index is -0.397. The summed E-state index contributed by atoms with van der Waals surface area (Å²) >= 11 is 0. The van der Waals surface area contributed by atoms with Crippen LogP contribution in [-0.4, -0.2) is 18.3 Å². The van der Waals surface area contributed by atoms with Crippen LogP contribution in [0.1, 0.15) is 27.7 Å². The number of furan rings is 1. The molecule has 3 nitrogen and oxygen atoms in total. The third-order valence-electron chi connectivity index (χ3n) is 9.10. The second-order valence-electron chi connectivity index (χ2n) is 12.0. The molecule has 1 aliphatic heterocycles. The molecule has 0 amide bonds. The minimum Gasteiger partial charge on any atom is -0.456 e. The van der Waals surface area contributed by atoms with Crippen LogP contribution in [0.5, 0.6) is 0 Å². The molecule has 1 saturated heterocycles. The highest BCUT2D eigenvalue weighted by Crippen LogP contribution is 2.40. The van der Waals surface area contributed by atoms with Crippen LogP contribution in [0.25, 0.3) is 65.4 Å². The summed E-state index contributed by atoms with van der Waals surface area (Å²) in [6.07, 6.45) is 0. The first kappa shape index (κ1) is 23.7. The summed E-state index contributed by atoms with van der Waals surface area (Å²) in [6.45, 7) is 8.40. The summed E-state index contributed by atoms with van der Waals surface area (Å²) in [5.74, 6) is 0. The zero-order valence-corrected chi connectivity index (χ0v) is 23.1. The summed E-state index contributed by atoms with van der Waals surface area (Å²) in [7, 11) is -0.397. The molecule has 1 fully saturated rings. The molecule has 0 N–H and O–H groups in total. The molecule has 194 valence electrons. The molecule has 8 rings (SSSR count). The summed E-state index contributed by atoms with van der Waals surface area (Å²) in [6, 6.07) is 36.9. The number of hydrogen-bond acceptors (Lipinski definition) is 3. The SMILES string of the molecule is CC1(C)OB(c2ccc3c(c2)c2ccccc2c2ccc(-c4ccc5oc6ccccc6c5c4)cc23)OC1(C)C. The van der Waals surface area contributed by atoms with Crippen molar-refractivity contribution >= 4 is 66.8 Å².